The Bertz CT molecular complexity index is 611. The molecule has 0 amide bonds. The van der Waals surface area contributed by atoms with Gasteiger partial charge in [0.05, 0.1) is 21.1 Å². The average Bonchev–Trinajstić information content (AvgIpc) is 3.09. The molecular weight excluding hydrogens is 302 g/mol. The van der Waals surface area contributed by atoms with Gasteiger partial charge in [0.15, 0.2) is 0 Å². The van der Waals surface area contributed by atoms with E-state index in [1.807, 2.05) is 42.1 Å². The number of thioether (sulfide) groups is 1. The number of rotatable bonds is 3. The lowest BCUT2D eigenvalue weighted by Crippen LogP contribution is -2.50. The highest BCUT2D eigenvalue weighted by Crippen LogP contribution is 2.56. The van der Waals surface area contributed by atoms with Gasteiger partial charge in [0.2, 0.25) is 0 Å². The van der Waals surface area contributed by atoms with Gasteiger partial charge in [-0.05, 0) is 50.0 Å². The lowest BCUT2D eigenvalue weighted by molar-refractivity contribution is 0.0407. The van der Waals surface area contributed by atoms with E-state index in [0.717, 1.165) is 42.8 Å². The van der Waals surface area contributed by atoms with Crippen molar-refractivity contribution in [1.29, 1.82) is 0 Å². The van der Waals surface area contributed by atoms with Crippen LogP contribution in [0.5, 0.6) is 0 Å². The summed E-state index contributed by atoms with van der Waals surface area (Å²) in [6, 6.07) is 9.42. The van der Waals surface area contributed by atoms with Crippen molar-refractivity contribution >= 4 is 21.5 Å². The molecule has 1 saturated heterocycles. The Morgan fingerprint density at radius 2 is 1.95 bits per heavy atom. The molecule has 3 atom stereocenters. The first-order chi connectivity index (χ1) is 10.0. The van der Waals surface area contributed by atoms with Crippen LogP contribution in [0.25, 0.3) is 0 Å². The fourth-order valence-corrected chi connectivity index (χ4v) is 7.75. The number of hydrogen-bond donors (Lipinski definition) is 1. The van der Waals surface area contributed by atoms with Crippen molar-refractivity contribution in [1.82, 2.24) is 0 Å². The number of aliphatic hydroxyl groups is 1. The molecule has 116 valence electrons. The zero-order chi connectivity index (χ0) is 15.0. The van der Waals surface area contributed by atoms with Gasteiger partial charge >= 0.3 is 0 Å². The number of benzene rings is 1. The molecule has 0 radical (unpaired) electrons. The van der Waals surface area contributed by atoms with E-state index in [9.17, 15) is 9.32 Å². The van der Waals surface area contributed by atoms with Crippen LogP contribution in [0.2, 0.25) is 0 Å². The molecule has 1 heterocycles. The minimum atomic E-state index is -2.55. The molecule has 21 heavy (non-hydrogen) atoms. The molecule has 1 saturated carbocycles. The van der Waals surface area contributed by atoms with Crippen molar-refractivity contribution in [3.8, 4) is 0 Å². The molecule has 1 aliphatic carbocycles. The quantitative estimate of drug-likeness (QED) is 0.927. The molecular formula is C16H23NO2S2. The molecule has 1 N–H and O–H groups in total. The average molecular weight is 325 g/mol. The summed E-state index contributed by atoms with van der Waals surface area (Å²) < 4.78 is 17.4. The second kappa shape index (κ2) is 5.60. The third-order valence-electron chi connectivity index (χ3n) is 4.96. The van der Waals surface area contributed by atoms with Gasteiger partial charge in [-0.2, -0.15) is 11.8 Å². The molecule has 3 rings (SSSR count). The van der Waals surface area contributed by atoms with Crippen LogP contribution >= 0.6 is 11.8 Å². The van der Waals surface area contributed by atoms with E-state index < -0.39 is 15.3 Å². The number of nitrogens with zero attached hydrogens (tertiary/aromatic N) is 1. The molecule has 2 aliphatic rings. The summed E-state index contributed by atoms with van der Waals surface area (Å²) in [6.45, 7) is 0. The molecule has 1 aromatic carbocycles. The molecule has 5 heteroatoms. The Kier molecular flexibility index (Phi) is 4.10. The Hall–Kier alpha value is -0.520. The summed E-state index contributed by atoms with van der Waals surface area (Å²) >= 11 is 1.89. The normalized spacial score (nSPS) is 35.0. The van der Waals surface area contributed by atoms with Gasteiger partial charge in [0.1, 0.15) is 0 Å². The lowest BCUT2D eigenvalue weighted by Gasteiger charge is -2.39. The zero-order valence-electron chi connectivity index (χ0n) is 12.5. The van der Waals surface area contributed by atoms with Crippen molar-refractivity contribution in [3.05, 3.63) is 30.3 Å². The summed E-state index contributed by atoms with van der Waals surface area (Å²) in [5.74, 6) is 1.38. The second-order valence-corrected chi connectivity index (χ2v) is 10.00. The maximum Gasteiger partial charge on any atom is 0.0920 e. The molecule has 2 fully saturated rings. The van der Waals surface area contributed by atoms with Crippen LogP contribution in [-0.2, 0) is 9.73 Å². The topological polar surface area (TPSA) is 49.7 Å². The van der Waals surface area contributed by atoms with E-state index in [2.05, 4.69) is 4.36 Å². The molecule has 1 unspecified atom stereocenters. The van der Waals surface area contributed by atoms with Gasteiger partial charge in [-0.15, -0.1) is 0 Å². The maximum atomic E-state index is 13.3. The molecule has 1 aliphatic heterocycles. The standard InChI is InChI=1S/C16H23NO2S2/c1-17-21(19,14-7-3-2-4-8-14)13-15(18)9-5-10-16(15)11-6-12-20-16/h2-4,7-8,18H,5-6,9-13H2,1H3/t15-,16+,21?/m0/s1. The monoisotopic (exact) mass is 325 g/mol. The first-order valence-corrected chi connectivity index (χ1v) is 10.3. The minimum absolute atomic E-state index is 0.0882. The largest absolute Gasteiger partial charge is 0.387 e. The maximum absolute atomic E-state index is 13.3. The van der Waals surface area contributed by atoms with E-state index in [0.29, 0.717) is 0 Å². The third kappa shape index (κ3) is 2.53. The van der Waals surface area contributed by atoms with Crippen molar-refractivity contribution in [2.24, 2.45) is 4.36 Å². The van der Waals surface area contributed by atoms with E-state index in [1.54, 1.807) is 7.05 Å². The Morgan fingerprint density at radius 1 is 1.24 bits per heavy atom. The highest BCUT2D eigenvalue weighted by atomic mass is 32.2. The SMILES string of the molecule is CN=S(=O)(C[C@@]1(O)CCC[C@@]12CCCS2)c1ccccc1. The van der Waals surface area contributed by atoms with Crippen molar-refractivity contribution < 1.29 is 9.32 Å². The van der Waals surface area contributed by atoms with E-state index in [1.165, 1.54) is 0 Å². The van der Waals surface area contributed by atoms with Crippen LogP contribution in [0.3, 0.4) is 0 Å². The van der Waals surface area contributed by atoms with Crippen LogP contribution in [0.4, 0.5) is 0 Å². The fourth-order valence-electron chi connectivity index (χ4n) is 3.80. The van der Waals surface area contributed by atoms with Crippen LogP contribution < -0.4 is 0 Å². The van der Waals surface area contributed by atoms with Gasteiger partial charge in [0, 0.05) is 16.7 Å². The smallest absolute Gasteiger partial charge is 0.0920 e. The van der Waals surface area contributed by atoms with Crippen molar-refractivity contribution in [3.63, 3.8) is 0 Å². The predicted octanol–water partition coefficient (Wildman–Crippen LogP) is 3.32. The Balaban J connectivity index is 1.96. The van der Waals surface area contributed by atoms with E-state index in [4.69, 9.17) is 0 Å². The van der Waals surface area contributed by atoms with Crippen LogP contribution in [0, 0.1) is 0 Å². The summed E-state index contributed by atoms with van der Waals surface area (Å²) in [4.78, 5) is 0.742. The Labute approximate surface area is 131 Å². The summed E-state index contributed by atoms with van der Waals surface area (Å²) in [7, 11) is -0.936. The Morgan fingerprint density at radius 3 is 2.57 bits per heavy atom. The third-order valence-corrected chi connectivity index (χ3v) is 9.26. The zero-order valence-corrected chi connectivity index (χ0v) is 14.1. The van der Waals surface area contributed by atoms with Gasteiger partial charge in [-0.25, -0.2) is 8.57 Å². The second-order valence-electron chi connectivity index (χ2n) is 6.11. The highest BCUT2D eigenvalue weighted by Gasteiger charge is 2.56. The molecule has 3 nitrogen and oxygen atoms in total. The summed E-state index contributed by atoms with van der Waals surface area (Å²) in [5.41, 5.74) is -0.847. The van der Waals surface area contributed by atoms with E-state index in [-0.39, 0.29) is 10.5 Å². The molecule has 1 aromatic rings. The first kappa shape index (κ1) is 15.4. The fraction of sp³-hybridized carbons (Fsp3) is 0.625. The van der Waals surface area contributed by atoms with Gasteiger partial charge in [0.25, 0.3) is 0 Å². The minimum Gasteiger partial charge on any atom is -0.387 e. The van der Waals surface area contributed by atoms with Crippen LogP contribution in [0.15, 0.2) is 39.6 Å². The highest BCUT2D eigenvalue weighted by molar-refractivity contribution is 8.01. The molecule has 1 spiro atoms. The summed E-state index contributed by atoms with van der Waals surface area (Å²) in [6.07, 6.45) is 5.02. The molecule has 0 aromatic heterocycles. The van der Waals surface area contributed by atoms with E-state index >= 15 is 0 Å². The van der Waals surface area contributed by atoms with Gasteiger partial charge in [-0.1, -0.05) is 18.2 Å². The molecule has 0 bridgehead atoms. The van der Waals surface area contributed by atoms with Gasteiger partial charge < -0.3 is 5.11 Å². The van der Waals surface area contributed by atoms with Crippen LogP contribution in [0.1, 0.15) is 32.1 Å². The van der Waals surface area contributed by atoms with Gasteiger partial charge in [-0.3, -0.25) is 0 Å². The number of hydrogen-bond acceptors (Lipinski definition) is 4. The first-order valence-electron chi connectivity index (χ1n) is 7.58. The van der Waals surface area contributed by atoms with Crippen molar-refractivity contribution in [2.45, 2.75) is 47.3 Å². The van der Waals surface area contributed by atoms with Crippen molar-refractivity contribution in [2.75, 3.05) is 18.6 Å². The summed E-state index contributed by atoms with van der Waals surface area (Å²) in [5, 5.41) is 11.3. The van der Waals surface area contributed by atoms with Crippen LogP contribution in [-0.4, -0.2) is 38.2 Å². The lowest BCUT2D eigenvalue weighted by atomic mass is 9.88. The predicted molar refractivity (Wildman–Crippen MR) is 89.3 cm³/mol.